The van der Waals surface area contributed by atoms with Gasteiger partial charge in [0.2, 0.25) is 0 Å². The van der Waals surface area contributed by atoms with Crippen molar-refractivity contribution < 1.29 is 9.53 Å². The molecule has 0 saturated heterocycles. The first-order valence-corrected chi connectivity index (χ1v) is 9.62. The maximum atomic E-state index is 12.6. The predicted molar refractivity (Wildman–Crippen MR) is 99.9 cm³/mol. The Morgan fingerprint density at radius 2 is 1.64 bits per heavy atom. The lowest BCUT2D eigenvalue weighted by Crippen LogP contribution is -2.63. The summed E-state index contributed by atoms with van der Waals surface area (Å²) in [6, 6.07) is 7.79. The highest BCUT2D eigenvalue weighted by Crippen LogP contribution is 2.59. The number of amides is 1. The number of carbonyl (C=O) groups excluding carboxylic acids is 1. The third-order valence-electron chi connectivity index (χ3n) is 7.07. The van der Waals surface area contributed by atoms with E-state index < -0.39 is 0 Å². The van der Waals surface area contributed by atoms with Crippen LogP contribution < -0.4 is 10.2 Å². The number of rotatable bonds is 5. The number of nitrogens with zero attached hydrogens (tertiary/aromatic N) is 1. The zero-order valence-corrected chi connectivity index (χ0v) is 15.6. The van der Waals surface area contributed by atoms with Crippen LogP contribution in [0, 0.1) is 23.7 Å². The second-order valence-electron chi connectivity index (χ2n) is 8.59. The number of hydrogen-bond acceptors (Lipinski definition) is 3. The summed E-state index contributed by atoms with van der Waals surface area (Å²) in [7, 11) is 5.86. The summed E-state index contributed by atoms with van der Waals surface area (Å²) in [5.74, 6) is 3.05. The van der Waals surface area contributed by atoms with E-state index in [1.54, 1.807) is 0 Å². The van der Waals surface area contributed by atoms with Crippen molar-refractivity contribution in [2.24, 2.45) is 23.7 Å². The molecule has 4 aliphatic rings. The summed E-state index contributed by atoms with van der Waals surface area (Å²) in [5.41, 5.74) is 1.68. The standard InChI is InChI=1S/C21H30N2O2/c1-23(2)19-6-4-16(5-7-19)20(24)22-13-21(25-3)17-9-14-8-15(11-17)12-18(21)10-14/h4-7,14-15,17-18H,8-13H2,1-3H3,(H,22,24). The van der Waals surface area contributed by atoms with Crippen LogP contribution in [0.25, 0.3) is 0 Å². The van der Waals surface area contributed by atoms with Crippen LogP contribution in [0.1, 0.15) is 42.5 Å². The quantitative estimate of drug-likeness (QED) is 0.892. The monoisotopic (exact) mass is 342 g/mol. The molecule has 0 aliphatic heterocycles. The Kier molecular flexibility index (Phi) is 4.27. The highest BCUT2D eigenvalue weighted by Gasteiger charge is 2.57. The number of anilines is 1. The summed E-state index contributed by atoms with van der Waals surface area (Å²) >= 11 is 0. The van der Waals surface area contributed by atoms with E-state index in [2.05, 4.69) is 5.32 Å². The summed E-state index contributed by atoms with van der Waals surface area (Å²) in [5, 5.41) is 3.19. The van der Waals surface area contributed by atoms with Gasteiger partial charge in [-0.2, -0.15) is 0 Å². The number of benzene rings is 1. The van der Waals surface area contributed by atoms with Crippen molar-refractivity contribution in [1.29, 1.82) is 0 Å². The van der Waals surface area contributed by atoms with Gasteiger partial charge in [-0.05, 0) is 80.0 Å². The van der Waals surface area contributed by atoms with Gasteiger partial charge in [0.1, 0.15) is 0 Å². The van der Waals surface area contributed by atoms with Crippen LogP contribution >= 0.6 is 0 Å². The molecule has 4 heteroatoms. The minimum absolute atomic E-state index is 0.00976. The third-order valence-corrected chi connectivity index (χ3v) is 7.07. The van der Waals surface area contributed by atoms with Crippen molar-refractivity contribution in [1.82, 2.24) is 5.32 Å². The Labute approximate surface area is 150 Å². The molecule has 1 N–H and O–H groups in total. The molecule has 136 valence electrons. The maximum Gasteiger partial charge on any atom is 0.251 e. The van der Waals surface area contributed by atoms with Gasteiger partial charge in [0.05, 0.1) is 5.60 Å². The van der Waals surface area contributed by atoms with Crippen molar-refractivity contribution in [3.8, 4) is 0 Å². The molecule has 0 radical (unpaired) electrons. The molecular formula is C21H30N2O2. The first kappa shape index (κ1) is 16.9. The normalized spacial score (nSPS) is 35.6. The topological polar surface area (TPSA) is 41.6 Å². The lowest BCUT2D eigenvalue weighted by atomic mass is 9.49. The Bertz CT molecular complexity index is 610. The average Bonchev–Trinajstić information content (AvgIpc) is 2.61. The van der Waals surface area contributed by atoms with Gasteiger partial charge in [-0.15, -0.1) is 0 Å². The average molecular weight is 342 g/mol. The maximum absolute atomic E-state index is 12.6. The Morgan fingerprint density at radius 1 is 1.08 bits per heavy atom. The van der Waals surface area contributed by atoms with E-state index >= 15 is 0 Å². The molecule has 0 spiro atoms. The molecule has 0 atom stereocenters. The number of methoxy groups -OCH3 is 1. The van der Waals surface area contributed by atoms with Crippen LogP contribution in [0.15, 0.2) is 24.3 Å². The smallest absolute Gasteiger partial charge is 0.251 e. The molecular weight excluding hydrogens is 312 g/mol. The second kappa shape index (κ2) is 6.31. The molecule has 0 heterocycles. The summed E-state index contributed by atoms with van der Waals surface area (Å²) in [4.78, 5) is 14.7. The molecule has 4 nitrogen and oxygen atoms in total. The van der Waals surface area contributed by atoms with E-state index in [9.17, 15) is 4.79 Å². The van der Waals surface area contributed by atoms with E-state index in [0.717, 1.165) is 23.1 Å². The SMILES string of the molecule is COC1(CNC(=O)c2ccc(N(C)C)cc2)C2CC3CC(C2)CC1C3. The first-order chi connectivity index (χ1) is 12.0. The minimum atomic E-state index is -0.146. The molecule has 4 saturated carbocycles. The largest absolute Gasteiger partial charge is 0.378 e. The number of ether oxygens (including phenoxy) is 1. The van der Waals surface area contributed by atoms with Crippen molar-refractivity contribution in [2.45, 2.75) is 37.7 Å². The highest BCUT2D eigenvalue weighted by molar-refractivity contribution is 5.94. The van der Waals surface area contributed by atoms with Crippen LogP contribution in [-0.4, -0.2) is 39.3 Å². The van der Waals surface area contributed by atoms with Crippen molar-refractivity contribution in [3.05, 3.63) is 29.8 Å². The number of carbonyl (C=O) groups is 1. The van der Waals surface area contributed by atoms with E-state index in [1.165, 1.54) is 32.1 Å². The summed E-state index contributed by atoms with van der Waals surface area (Å²) in [6.45, 7) is 0.645. The molecule has 5 rings (SSSR count). The minimum Gasteiger partial charge on any atom is -0.378 e. The zero-order chi connectivity index (χ0) is 17.6. The molecule has 0 aromatic heterocycles. The van der Waals surface area contributed by atoms with Crippen molar-refractivity contribution in [2.75, 3.05) is 32.6 Å². The van der Waals surface area contributed by atoms with Gasteiger partial charge in [-0.1, -0.05) is 0 Å². The second-order valence-corrected chi connectivity index (χ2v) is 8.59. The molecule has 1 aromatic rings. The first-order valence-electron chi connectivity index (χ1n) is 9.62. The fourth-order valence-corrected chi connectivity index (χ4v) is 5.91. The van der Waals surface area contributed by atoms with Crippen LogP contribution in [0.2, 0.25) is 0 Å². The Balaban J connectivity index is 1.45. The molecule has 25 heavy (non-hydrogen) atoms. The molecule has 4 fully saturated rings. The van der Waals surface area contributed by atoms with Gasteiger partial charge in [0, 0.05) is 39.0 Å². The fourth-order valence-electron chi connectivity index (χ4n) is 5.91. The predicted octanol–water partition coefficient (Wildman–Crippen LogP) is 3.32. The van der Waals surface area contributed by atoms with Gasteiger partial charge in [0.15, 0.2) is 0 Å². The summed E-state index contributed by atoms with van der Waals surface area (Å²) < 4.78 is 6.13. The van der Waals surface area contributed by atoms with Crippen LogP contribution in [0.4, 0.5) is 5.69 Å². The summed E-state index contributed by atoms with van der Waals surface area (Å²) in [6.07, 6.45) is 6.57. The van der Waals surface area contributed by atoms with Gasteiger partial charge in [-0.25, -0.2) is 0 Å². The Morgan fingerprint density at radius 3 is 2.12 bits per heavy atom. The molecule has 1 aromatic carbocycles. The lowest BCUT2D eigenvalue weighted by Gasteiger charge is -2.60. The lowest BCUT2D eigenvalue weighted by molar-refractivity contribution is -0.186. The number of nitrogens with one attached hydrogen (secondary N) is 1. The molecule has 0 unspecified atom stereocenters. The van der Waals surface area contributed by atoms with Crippen LogP contribution in [0.3, 0.4) is 0 Å². The number of hydrogen-bond donors (Lipinski definition) is 1. The molecule has 4 bridgehead atoms. The molecule has 1 amide bonds. The Hall–Kier alpha value is -1.55. The third kappa shape index (κ3) is 2.84. The van der Waals surface area contributed by atoms with Crippen LogP contribution in [-0.2, 0) is 4.74 Å². The van der Waals surface area contributed by atoms with Crippen molar-refractivity contribution >= 4 is 11.6 Å². The highest BCUT2D eigenvalue weighted by atomic mass is 16.5. The van der Waals surface area contributed by atoms with Gasteiger partial charge in [-0.3, -0.25) is 4.79 Å². The molecule has 4 aliphatic carbocycles. The van der Waals surface area contributed by atoms with Gasteiger partial charge < -0.3 is 15.0 Å². The van der Waals surface area contributed by atoms with Gasteiger partial charge >= 0.3 is 0 Å². The van der Waals surface area contributed by atoms with E-state index in [-0.39, 0.29) is 11.5 Å². The van der Waals surface area contributed by atoms with Gasteiger partial charge in [0.25, 0.3) is 5.91 Å². The fraction of sp³-hybridized carbons (Fsp3) is 0.667. The van der Waals surface area contributed by atoms with Crippen LogP contribution in [0.5, 0.6) is 0 Å². The zero-order valence-electron chi connectivity index (χ0n) is 15.6. The van der Waals surface area contributed by atoms with E-state index in [1.807, 2.05) is 50.4 Å². The van der Waals surface area contributed by atoms with E-state index in [0.29, 0.717) is 18.4 Å². The van der Waals surface area contributed by atoms with Crippen molar-refractivity contribution in [3.63, 3.8) is 0 Å². The van der Waals surface area contributed by atoms with E-state index in [4.69, 9.17) is 4.74 Å².